The standard InChI is InChI=1S/C17H14N4O3/c1-24-17(23)13-8-6-12(7-9-13)16(22)20-14-4-2-3-5-15(14)21-11-18-10-19-21/h2-11H,1H3,(H,20,22). The van der Waals surface area contributed by atoms with Gasteiger partial charge in [0.25, 0.3) is 5.91 Å². The highest BCUT2D eigenvalue weighted by atomic mass is 16.5. The number of hydrogen-bond acceptors (Lipinski definition) is 5. The van der Waals surface area contributed by atoms with E-state index in [1.165, 1.54) is 13.4 Å². The molecule has 2 aromatic carbocycles. The number of anilines is 1. The van der Waals surface area contributed by atoms with Gasteiger partial charge in [0, 0.05) is 5.56 Å². The molecule has 3 aromatic rings. The lowest BCUT2D eigenvalue weighted by Gasteiger charge is -2.10. The molecule has 0 bridgehead atoms. The fourth-order valence-electron chi connectivity index (χ4n) is 2.18. The highest BCUT2D eigenvalue weighted by molar-refractivity contribution is 6.05. The van der Waals surface area contributed by atoms with Crippen molar-refractivity contribution in [2.45, 2.75) is 0 Å². The van der Waals surface area contributed by atoms with Crippen LogP contribution in [0.3, 0.4) is 0 Å². The Kier molecular flexibility index (Phi) is 4.33. The first-order chi connectivity index (χ1) is 11.7. The molecule has 1 aromatic heterocycles. The topological polar surface area (TPSA) is 86.1 Å². The Hall–Kier alpha value is -3.48. The van der Waals surface area contributed by atoms with Crippen molar-refractivity contribution in [2.24, 2.45) is 0 Å². The molecule has 3 rings (SSSR count). The third-order valence-corrected chi connectivity index (χ3v) is 3.39. The first-order valence-electron chi connectivity index (χ1n) is 7.13. The van der Waals surface area contributed by atoms with E-state index in [1.54, 1.807) is 41.3 Å². The summed E-state index contributed by atoms with van der Waals surface area (Å²) in [5.74, 6) is -0.738. The monoisotopic (exact) mass is 322 g/mol. The zero-order valence-corrected chi connectivity index (χ0v) is 12.8. The molecule has 0 spiro atoms. The van der Waals surface area contributed by atoms with Gasteiger partial charge in [-0.2, -0.15) is 5.10 Å². The van der Waals surface area contributed by atoms with Crippen molar-refractivity contribution in [3.05, 3.63) is 72.3 Å². The fraction of sp³-hybridized carbons (Fsp3) is 0.0588. The van der Waals surface area contributed by atoms with Crippen LogP contribution in [0.2, 0.25) is 0 Å². The number of ether oxygens (including phenoxy) is 1. The van der Waals surface area contributed by atoms with Gasteiger partial charge in [0.2, 0.25) is 0 Å². The van der Waals surface area contributed by atoms with Crippen LogP contribution in [0.4, 0.5) is 5.69 Å². The Balaban J connectivity index is 1.82. The van der Waals surface area contributed by atoms with Crippen LogP contribution in [0, 0.1) is 0 Å². The van der Waals surface area contributed by atoms with Crippen LogP contribution in [-0.4, -0.2) is 33.8 Å². The molecule has 0 radical (unpaired) electrons. The maximum Gasteiger partial charge on any atom is 0.337 e. The van der Waals surface area contributed by atoms with Gasteiger partial charge in [-0.05, 0) is 36.4 Å². The molecule has 0 aliphatic carbocycles. The minimum absolute atomic E-state index is 0.293. The van der Waals surface area contributed by atoms with E-state index in [0.29, 0.717) is 22.5 Å². The SMILES string of the molecule is COC(=O)c1ccc(C(=O)Nc2ccccc2-n2cncn2)cc1. The smallest absolute Gasteiger partial charge is 0.337 e. The van der Waals surface area contributed by atoms with Crippen LogP contribution in [0.5, 0.6) is 0 Å². The van der Waals surface area contributed by atoms with E-state index in [2.05, 4.69) is 20.1 Å². The Morgan fingerprint density at radius 2 is 1.75 bits per heavy atom. The molecule has 0 aliphatic heterocycles. The molecule has 0 fully saturated rings. The molecule has 0 saturated heterocycles. The van der Waals surface area contributed by atoms with Gasteiger partial charge in [-0.3, -0.25) is 4.79 Å². The molecule has 1 amide bonds. The predicted octanol–water partition coefficient (Wildman–Crippen LogP) is 2.31. The van der Waals surface area contributed by atoms with E-state index in [0.717, 1.165) is 0 Å². The maximum atomic E-state index is 12.4. The summed E-state index contributed by atoms with van der Waals surface area (Å²) in [7, 11) is 1.31. The Morgan fingerprint density at radius 3 is 2.42 bits per heavy atom. The third-order valence-electron chi connectivity index (χ3n) is 3.39. The van der Waals surface area contributed by atoms with Gasteiger partial charge in [0.15, 0.2) is 0 Å². The molecule has 7 nitrogen and oxygen atoms in total. The number of aromatic nitrogens is 3. The van der Waals surface area contributed by atoms with Crippen molar-refractivity contribution in [2.75, 3.05) is 12.4 Å². The van der Waals surface area contributed by atoms with Crippen molar-refractivity contribution in [1.29, 1.82) is 0 Å². The molecular weight excluding hydrogens is 308 g/mol. The van der Waals surface area contributed by atoms with E-state index in [1.807, 2.05) is 18.2 Å². The second-order valence-corrected chi connectivity index (χ2v) is 4.88. The summed E-state index contributed by atoms with van der Waals surface area (Å²) in [6, 6.07) is 13.5. The van der Waals surface area contributed by atoms with Gasteiger partial charge in [-0.15, -0.1) is 0 Å². The third kappa shape index (κ3) is 3.14. The van der Waals surface area contributed by atoms with Gasteiger partial charge in [-0.1, -0.05) is 12.1 Å². The number of amides is 1. The number of carbonyl (C=O) groups is 2. The number of methoxy groups -OCH3 is 1. The molecule has 1 heterocycles. The van der Waals surface area contributed by atoms with Crippen LogP contribution in [0.15, 0.2) is 61.2 Å². The van der Waals surface area contributed by atoms with E-state index >= 15 is 0 Å². The molecule has 120 valence electrons. The van der Waals surface area contributed by atoms with Crippen molar-refractivity contribution in [3.8, 4) is 5.69 Å². The molecule has 0 aliphatic rings. The first kappa shape index (κ1) is 15.4. The molecule has 0 atom stereocenters. The van der Waals surface area contributed by atoms with Crippen molar-refractivity contribution >= 4 is 17.6 Å². The zero-order chi connectivity index (χ0) is 16.9. The summed E-state index contributed by atoms with van der Waals surface area (Å²) < 4.78 is 6.20. The highest BCUT2D eigenvalue weighted by Gasteiger charge is 2.12. The second kappa shape index (κ2) is 6.74. The number of rotatable bonds is 4. The minimum Gasteiger partial charge on any atom is -0.465 e. The number of esters is 1. The maximum absolute atomic E-state index is 12.4. The number of hydrogen-bond donors (Lipinski definition) is 1. The van der Waals surface area contributed by atoms with Crippen LogP contribution < -0.4 is 5.32 Å². The first-order valence-corrected chi connectivity index (χ1v) is 7.13. The summed E-state index contributed by atoms with van der Waals surface area (Å²) >= 11 is 0. The van der Waals surface area contributed by atoms with Crippen LogP contribution in [-0.2, 0) is 4.74 Å². The largest absolute Gasteiger partial charge is 0.465 e. The minimum atomic E-state index is -0.446. The van der Waals surface area contributed by atoms with Crippen LogP contribution in [0.1, 0.15) is 20.7 Å². The molecular formula is C17H14N4O3. The number of nitrogens with one attached hydrogen (secondary N) is 1. The Morgan fingerprint density at radius 1 is 1.04 bits per heavy atom. The summed E-state index contributed by atoms with van der Waals surface area (Å²) in [6.07, 6.45) is 2.97. The summed E-state index contributed by atoms with van der Waals surface area (Å²) in [5.41, 5.74) is 2.12. The Labute approximate surface area is 137 Å². The average Bonchev–Trinajstić information content (AvgIpc) is 3.16. The van der Waals surface area contributed by atoms with E-state index in [9.17, 15) is 9.59 Å². The summed E-state index contributed by atoms with van der Waals surface area (Å²) in [6.45, 7) is 0. The van der Waals surface area contributed by atoms with Gasteiger partial charge in [0.1, 0.15) is 12.7 Å². The molecule has 0 unspecified atom stereocenters. The molecule has 24 heavy (non-hydrogen) atoms. The van der Waals surface area contributed by atoms with E-state index in [4.69, 9.17) is 0 Å². The lowest BCUT2D eigenvalue weighted by atomic mass is 10.1. The van der Waals surface area contributed by atoms with Gasteiger partial charge >= 0.3 is 5.97 Å². The number of benzene rings is 2. The normalized spacial score (nSPS) is 10.2. The molecule has 1 N–H and O–H groups in total. The van der Waals surface area contributed by atoms with Gasteiger partial charge in [-0.25, -0.2) is 14.5 Å². The van der Waals surface area contributed by atoms with Crippen LogP contribution in [0.25, 0.3) is 5.69 Å². The fourth-order valence-corrected chi connectivity index (χ4v) is 2.18. The number of para-hydroxylation sites is 2. The van der Waals surface area contributed by atoms with E-state index in [-0.39, 0.29) is 5.91 Å². The average molecular weight is 322 g/mol. The van der Waals surface area contributed by atoms with Crippen LogP contribution >= 0.6 is 0 Å². The van der Waals surface area contributed by atoms with Crippen molar-refractivity contribution < 1.29 is 14.3 Å². The highest BCUT2D eigenvalue weighted by Crippen LogP contribution is 2.19. The quantitative estimate of drug-likeness (QED) is 0.745. The summed E-state index contributed by atoms with van der Waals surface area (Å²) in [4.78, 5) is 27.7. The van der Waals surface area contributed by atoms with Crippen molar-refractivity contribution in [3.63, 3.8) is 0 Å². The summed E-state index contributed by atoms with van der Waals surface area (Å²) in [5, 5.41) is 6.90. The molecule has 0 saturated carbocycles. The van der Waals surface area contributed by atoms with Gasteiger partial charge < -0.3 is 10.1 Å². The van der Waals surface area contributed by atoms with Crippen molar-refractivity contribution in [1.82, 2.24) is 14.8 Å². The lowest BCUT2D eigenvalue weighted by molar-refractivity contribution is 0.0600. The van der Waals surface area contributed by atoms with E-state index < -0.39 is 5.97 Å². The zero-order valence-electron chi connectivity index (χ0n) is 12.8. The second-order valence-electron chi connectivity index (χ2n) is 4.88. The molecule has 7 heteroatoms. The number of carbonyl (C=O) groups excluding carboxylic acids is 2. The number of nitrogens with zero attached hydrogens (tertiary/aromatic N) is 3. The predicted molar refractivity (Wildman–Crippen MR) is 87.1 cm³/mol. The lowest BCUT2D eigenvalue weighted by Crippen LogP contribution is -2.14. The Bertz CT molecular complexity index is 858. The van der Waals surface area contributed by atoms with Gasteiger partial charge in [0.05, 0.1) is 24.0 Å².